The summed E-state index contributed by atoms with van der Waals surface area (Å²) in [5, 5.41) is 4.65. The zero-order valence-corrected chi connectivity index (χ0v) is 13.9. The number of halogens is 2. The SMILES string of the molecule is C[C@H](NC(=O)c1ccco1)C(=O)O[C@@H](C)C(=O)Nc1ccc(F)c(F)c1. The van der Waals surface area contributed by atoms with Crippen molar-refractivity contribution < 1.29 is 32.3 Å². The van der Waals surface area contributed by atoms with E-state index in [9.17, 15) is 23.2 Å². The lowest BCUT2D eigenvalue weighted by atomic mass is 10.2. The topological polar surface area (TPSA) is 97.6 Å². The van der Waals surface area contributed by atoms with Crippen molar-refractivity contribution in [2.24, 2.45) is 0 Å². The van der Waals surface area contributed by atoms with E-state index in [-0.39, 0.29) is 11.4 Å². The Kier molecular flexibility index (Phi) is 6.05. The van der Waals surface area contributed by atoms with Crippen molar-refractivity contribution in [3.05, 3.63) is 54.0 Å². The Morgan fingerprint density at radius 3 is 2.46 bits per heavy atom. The minimum atomic E-state index is -1.22. The van der Waals surface area contributed by atoms with Gasteiger partial charge in [0.15, 0.2) is 23.5 Å². The molecule has 2 aromatic rings. The lowest BCUT2D eigenvalue weighted by molar-refractivity contribution is -0.154. The van der Waals surface area contributed by atoms with Crippen molar-refractivity contribution in [3.63, 3.8) is 0 Å². The molecule has 1 aromatic carbocycles. The van der Waals surface area contributed by atoms with E-state index >= 15 is 0 Å². The smallest absolute Gasteiger partial charge is 0.329 e. The fourth-order valence-corrected chi connectivity index (χ4v) is 1.88. The van der Waals surface area contributed by atoms with E-state index in [4.69, 9.17) is 9.15 Å². The molecule has 0 fully saturated rings. The number of hydrogen-bond donors (Lipinski definition) is 2. The first-order valence-electron chi connectivity index (χ1n) is 7.58. The molecule has 138 valence electrons. The van der Waals surface area contributed by atoms with E-state index in [1.165, 1.54) is 32.2 Å². The molecule has 7 nitrogen and oxygen atoms in total. The third kappa shape index (κ3) is 4.88. The summed E-state index contributed by atoms with van der Waals surface area (Å²) in [6, 6.07) is 4.72. The van der Waals surface area contributed by atoms with E-state index in [2.05, 4.69) is 10.6 Å². The van der Waals surface area contributed by atoms with Gasteiger partial charge in [0.2, 0.25) is 0 Å². The Labute approximate surface area is 147 Å². The van der Waals surface area contributed by atoms with Crippen LogP contribution in [0.4, 0.5) is 14.5 Å². The Bertz CT molecular complexity index is 807. The van der Waals surface area contributed by atoms with Gasteiger partial charge in [0.05, 0.1) is 6.26 Å². The van der Waals surface area contributed by atoms with Crippen molar-refractivity contribution in [2.75, 3.05) is 5.32 Å². The molecular weight excluding hydrogens is 350 g/mol. The van der Waals surface area contributed by atoms with Crippen LogP contribution in [0.2, 0.25) is 0 Å². The van der Waals surface area contributed by atoms with Gasteiger partial charge in [-0.1, -0.05) is 0 Å². The zero-order valence-electron chi connectivity index (χ0n) is 13.9. The molecule has 2 amide bonds. The second-order valence-corrected chi connectivity index (χ2v) is 5.37. The zero-order chi connectivity index (χ0) is 19.3. The van der Waals surface area contributed by atoms with Crippen molar-refractivity contribution in [2.45, 2.75) is 26.0 Å². The van der Waals surface area contributed by atoms with Crippen LogP contribution in [0.15, 0.2) is 41.0 Å². The minimum Gasteiger partial charge on any atom is -0.459 e. The van der Waals surface area contributed by atoms with E-state index in [1.807, 2.05) is 0 Å². The van der Waals surface area contributed by atoms with Crippen LogP contribution in [-0.4, -0.2) is 29.9 Å². The summed E-state index contributed by atoms with van der Waals surface area (Å²) in [5.74, 6) is -4.36. The largest absolute Gasteiger partial charge is 0.459 e. The highest BCUT2D eigenvalue weighted by molar-refractivity contribution is 5.97. The predicted octanol–water partition coefficient (Wildman–Crippen LogP) is 2.25. The minimum absolute atomic E-state index is 0.0102. The molecule has 1 heterocycles. The molecular formula is C17H16F2N2O5. The van der Waals surface area contributed by atoms with E-state index < -0.39 is 41.6 Å². The van der Waals surface area contributed by atoms with Gasteiger partial charge in [-0.15, -0.1) is 0 Å². The maximum Gasteiger partial charge on any atom is 0.329 e. The van der Waals surface area contributed by atoms with Gasteiger partial charge < -0.3 is 19.8 Å². The highest BCUT2D eigenvalue weighted by Gasteiger charge is 2.24. The van der Waals surface area contributed by atoms with Crippen LogP contribution in [-0.2, 0) is 14.3 Å². The van der Waals surface area contributed by atoms with E-state index in [0.717, 1.165) is 18.2 Å². The van der Waals surface area contributed by atoms with Gasteiger partial charge in [0.25, 0.3) is 11.8 Å². The van der Waals surface area contributed by atoms with E-state index in [0.29, 0.717) is 0 Å². The first-order chi connectivity index (χ1) is 12.3. The van der Waals surface area contributed by atoms with Gasteiger partial charge in [-0.05, 0) is 38.1 Å². The highest BCUT2D eigenvalue weighted by atomic mass is 19.2. The highest BCUT2D eigenvalue weighted by Crippen LogP contribution is 2.13. The molecule has 2 N–H and O–H groups in total. The predicted molar refractivity (Wildman–Crippen MR) is 86.2 cm³/mol. The van der Waals surface area contributed by atoms with Gasteiger partial charge in [-0.3, -0.25) is 9.59 Å². The van der Waals surface area contributed by atoms with Gasteiger partial charge in [-0.2, -0.15) is 0 Å². The molecule has 0 radical (unpaired) electrons. The van der Waals surface area contributed by atoms with Crippen LogP contribution in [0, 0.1) is 11.6 Å². The van der Waals surface area contributed by atoms with Crippen LogP contribution in [0.3, 0.4) is 0 Å². The maximum absolute atomic E-state index is 13.1. The van der Waals surface area contributed by atoms with Gasteiger partial charge in [0, 0.05) is 11.8 Å². The number of anilines is 1. The Hall–Kier alpha value is -3.23. The molecule has 9 heteroatoms. The first kappa shape index (κ1) is 19.1. The number of amides is 2. The van der Waals surface area contributed by atoms with Crippen LogP contribution in [0.25, 0.3) is 0 Å². The molecule has 0 saturated carbocycles. The number of carbonyl (C=O) groups excluding carboxylic acids is 3. The first-order valence-corrected chi connectivity index (χ1v) is 7.58. The average molecular weight is 366 g/mol. The molecule has 2 atom stereocenters. The van der Waals surface area contributed by atoms with Crippen molar-refractivity contribution in [1.82, 2.24) is 5.32 Å². The Balaban J connectivity index is 1.87. The molecule has 1 aromatic heterocycles. The summed E-state index contributed by atoms with van der Waals surface area (Å²) in [6.45, 7) is 2.68. The standard InChI is InChI=1S/C17H16F2N2O5/c1-9(20-16(23)14-4-3-7-25-14)17(24)26-10(2)15(22)21-11-5-6-12(18)13(19)8-11/h3-10H,1-2H3,(H,20,23)(H,21,22)/t9-,10-/m0/s1. The summed E-state index contributed by atoms with van der Waals surface area (Å²) in [5.41, 5.74) is 0.0102. The molecule has 0 saturated heterocycles. The average Bonchev–Trinajstić information content (AvgIpc) is 3.12. The lowest BCUT2D eigenvalue weighted by Gasteiger charge is -2.17. The number of nitrogens with one attached hydrogen (secondary N) is 2. The molecule has 0 unspecified atom stereocenters. The third-order valence-corrected chi connectivity index (χ3v) is 3.30. The summed E-state index contributed by atoms with van der Waals surface area (Å²) >= 11 is 0. The van der Waals surface area contributed by atoms with Crippen LogP contribution < -0.4 is 10.6 Å². The lowest BCUT2D eigenvalue weighted by Crippen LogP contribution is -2.42. The summed E-state index contributed by atoms with van der Waals surface area (Å²) in [4.78, 5) is 35.7. The van der Waals surface area contributed by atoms with Crippen molar-refractivity contribution >= 4 is 23.5 Å². The fraction of sp³-hybridized carbons (Fsp3) is 0.235. The number of benzene rings is 1. The van der Waals surface area contributed by atoms with E-state index in [1.54, 1.807) is 0 Å². The molecule has 2 rings (SSSR count). The second-order valence-electron chi connectivity index (χ2n) is 5.37. The number of esters is 1. The summed E-state index contributed by atoms with van der Waals surface area (Å²) in [6.07, 6.45) is 0.0846. The quantitative estimate of drug-likeness (QED) is 0.764. The second kappa shape index (κ2) is 8.24. The van der Waals surface area contributed by atoms with Crippen LogP contribution >= 0.6 is 0 Å². The number of rotatable bonds is 6. The molecule has 0 spiro atoms. The summed E-state index contributed by atoms with van der Waals surface area (Å²) in [7, 11) is 0. The maximum atomic E-state index is 13.1. The number of furan rings is 1. The number of carbonyl (C=O) groups is 3. The van der Waals surface area contributed by atoms with Gasteiger partial charge >= 0.3 is 5.97 Å². The molecule has 0 aliphatic rings. The normalized spacial score (nSPS) is 12.8. The molecule has 0 aliphatic carbocycles. The Morgan fingerprint density at radius 1 is 1.12 bits per heavy atom. The van der Waals surface area contributed by atoms with Crippen molar-refractivity contribution in [1.29, 1.82) is 0 Å². The third-order valence-electron chi connectivity index (χ3n) is 3.30. The number of hydrogen-bond acceptors (Lipinski definition) is 5. The van der Waals surface area contributed by atoms with Crippen LogP contribution in [0.1, 0.15) is 24.4 Å². The molecule has 0 bridgehead atoms. The molecule has 0 aliphatic heterocycles. The molecule has 26 heavy (non-hydrogen) atoms. The monoisotopic (exact) mass is 366 g/mol. The summed E-state index contributed by atoms with van der Waals surface area (Å²) < 4.78 is 35.8. The van der Waals surface area contributed by atoms with Gasteiger partial charge in [0.1, 0.15) is 6.04 Å². The Morgan fingerprint density at radius 2 is 1.85 bits per heavy atom. The van der Waals surface area contributed by atoms with Gasteiger partial charge in [-0.25, -0.2) is 13.6 Å². The van der Waals surface area contributed by atoms with Crippen LogP contribution in [0.5, 0.6) is 0 Å². The fourth-order valence-electron chi connectivity index (χ4n) is 1.88. The number of ether oxygens (including phenoxy) is 1. The van der Waals surface area contributed by atoms with Crippen molar-refractivity contribution in [3.8, 4) is 0 Å².